The Hall–Kier alpha value is -1.37. The number of anilines is 1. The van der Waals surface area contributed by atoms with Crippen LogP contribution in [-0.2, 0) is 14.6 Å². The molecule has 1 saturated carbocycles. The first-order valence-corrected chi connectivity index (χ1v) is 8.13. The van der Waals surface area contributed by atoms with E-state index in [-0.39, 0.29) is 23.3 Å². The van der Waals surface area contributed by atoms with Crippen molar-refractivity contribution in [3.63, 3.8) is 0 Å². The number of aromatic nitrogens is 1. The highest BCUT2D eigenvalue weighted by molar-refractivity contribution is 7.92. The fourth-order valence-corrected chi connectivity index (χ4v) is 4.13. The first kappa shape index (κ1) is 14.0. The van der Waals surface area contributed by atoms with E-state index in [9.17, 15) is 13.2 Å². The van der Waals surface area contributed by atoms with Crippen molar-refractivity contribution in [1.82, 2.24) is 5.16 Å². The molecule has 2 rings (SSSR count). The summed E-state index contributed by atoms with van der Waals surface area (Å²) < 4.78 is 28.8. The summed E-state index contributed by atoms with van der Waals surface area (Å²) in [5.74, 6) is 0.463. The summed E-state index contributed by atoms with van der Waals surface area (Å²) in [6.07, 6.45) is 3.35. The Kier molecular flexibility index (Phi) is 4.24. The largest absolute Gasteiger partial charge is 0.360 e. The van der Waals surface area contributed by atoms with Crippen molar-refractivity contribution >= 4 is 21.6 Å². The molecular weight excluding hydrogens is 268 g/mol. The summed E-state index contributed by atoms with van der Waals surface area (Å²) in [4.78, 5) is 11.6. The van der Waals surface area contributed by atoms with Gasteiger partial charge >= 0.3 is 0 Å². The molecule has 0 unspecified atom stereocenters. The molecule has 1 aliphatic carbocycles. The number of hydrogen-bond acceptors (Lipinski definition) is 5. The minimum Gasteiger partial charge on any atom is -0.360 e. The van der Waals surface area contributed by atoms with E-state index in [0.29, 0.717) is 11.6 Å². The molecule has 7 heteroatoms. The predicted octanol–water partition coefficient (Wildman–Crippen LogP) is 1.67. The molecule has 0 atom stereocenters. The lowest BCUT2D eigenvalue weighted by Gasteiger charge is -2.10. The lowest BCUT2D eigenvalue weighted by molar-refractivity contribution is -0.115. The second kappa shape index (κ2) is 5.73. The van der Waals surface area contributed by atoms with Crippen LogP contribution in [0.3, 0.4) is 0 Å². The van der Waals surface area contributed by atoms with Crippen molar-refractivity contribution in [3.8, 4) is 0 Å². The second-order valence-electron chi connectivity index (χ2n) is 4.89. The van der Waals surface area contributed by atoms with E-state index in [1.807, 2.05) is 0 Å². The van der Waals surface area contributed by atoms with Crippen molar-refractivity contribution in [2.24, 2.45) is 0 Å². The van der Waals surface area contributed by atoms with Crippen LogP contribution in [0.2, 0.25) is 0 Å². The van der Waals surface area contributed by atoms with Gasteiger partial charge in [0.15, 0.2) is 15.7 Å². The molecule has 0 saturated heterocycles. The van der Waals surface area contributed by atoms with E-state index < -0.39 is 9.84 Å². The molecule has 0 bridgehead atoms. The minimum atomic E-state index is -3.15. The number of aryl methyl sites for hydroxylation is 1. The Balaban J connectivity index is 1.83. The summed E-state index contributed by atoms with van der Waals surface area (Å²) in [7, 11) is -3.15. The maximum absolute atomic E-state index is 12.0. The number of amides is 1. The van der Waals surface area contributed by atoms with Crippen LogP contribution in [0.25, 0.3) is 0 Å². The summed E-state index contributed by atoms with van der Waals surface area (Å²) in [5.41, 5.74) is 0. The van der Waals surface area contributed by atoms with Crippen LogP contribution < -0.4 is 5.32 Å². The number of carbonyl (C=O) groups excluding carboxylic acids is 1. The molecule has 1 heterocycles. The molecule has 19 heavy (non-hydrogen) atoms. The van der Waals surface area contributed by atoms with Gasteiger partial charge in [0.05, 0.1) is 11.0 Å². The van der Waals surface area contributed by atoms with Crippen molar-refractivity contribution in [2.45, 2.75) is 44.3 Å². The van der Waals surface area contributed by atoms with Gasteiger partial charge in [0.1, 0.15) is 5.76 Å². The molecular formula is C12H18N2O4S. The SMILES string of the molecule is Cc1cc(NC(=O)CCS(=O)(=O)C2CCCC2)no1. The molecule has 1 fully saturated rings. The van der Waals surface area contributed by atoms with Crippen molar-refractivity contribution < 1.29 is 17.7 Å². The highest BCUT2D eigenvalue weighted by Gasteiger charge is 2.28. The zero-order valence-corrected chi connectivity index (χ0v) is 11.7. The average Bonchev–Trinajstić information content (AvgIpc) is 2.98. The maximum atomic E-state index is 12.0. The van der Waals surface area contributed by atoms with Crippen LogP contribution in [0.15, 0.2) is 10.6 Å². The summed E-state index contributed by atoms with van der Waals surface area (Å²) in [6.45, 7) is 1.72. The van der Waals surface area contributed by atoms with Gasteiger partial charge < -0.3 is 9.84 Å². The van der Waals surface area contributed by atoms with Gasteiger partial charge in [-0.2, -0.15) is 0 Å². The molecule has 1 aliphatic rings. The zero-order chi connectivity index (χ0) is 13.9. The van der Waals surface area contributed by atoms with Crippen molar-refractivity contribution in [1.29, 1.82) is 0 Å². The van der Waals surface area contributed by atoms with Gasteiger partial charge in [-0.1, -0.05) is 18.0 Å². The number of nitrogens with one attached hydrogen (secondary N) is 1. The third-order valence-electron chi connectivity index (χ3n) is 3.32. The highest BCUT2D eigenvalue weighted by atomic mass is 32.2. The second-order valence-corrected chi connectivity index (χ2v) is 7.30. The Labute approximate surface area is 112 Å². The van der Waals surface area contributed by atoms with Crippen LogP contribution in [0.1, 0.15) is 37.9 Å². The zero-order valence-electron chi connectivity index (χ0n) is 10.9. The van der Waals surface area contributed by atoms with Crippen molar-refractivity contribution in [2.75, 3.05) is 11.1 Å². The topological polar surface area (TPSA) is 89.3 Å². The normalized spacial score (nSPS) is 16.7. The lowest BCUT2D eigenvalue weighted by Crippen LogP contribution is -2.24. The van der Waals surface area contributed by atoms with E-state index in [4.69, 9.17) is 4.52 Å². The molecule has 0 aromatic carbocycles. The highest BCUT2D eigenvalue weighted by Crippen LogP contribution is 2.25. The van der Waals surface area contributed by atoms with Crippen LogP contribution >= 0.6 is 0 Å². The number of rotatable bonds is 5. The van der Waals surface area contributed by atoms with Crippen LogP contribution in [0.5, 0.6) is 0 Å². The van der Waals surface area contributed by atoms with Gasteiger partial charge in [0, 0.05) is 12.5 Å². The molecule has 6 nitrogen and oxygen atoms in total. The minimum absolute atomic E-state index is 0.0370. The molecule has 0 aliphatic heterocycles. The molecule has 1 aromatic heterocycles. The van der Waals surface area contributed by atoms with Gasteiger partial charge in [0.25, 0.3) is 0 Å². The van der Waals surface area contributed by atoms with Gasteiger partial charge in [-0.05, 0) is 19.8 Å². The predicted molar refractivity (Wildman–Crippen MR) is 70.5 cm³/mol. The average molecular weight is 286 g/mol. The molecule has 1 N–H and O–H groups in total. The first-order valence-electron chi connectivity index (χ1n) is 6.42. The fraction of sp³-hybridized carbons (Fsp3) is 0.667. The molecule has 0 radical (unpaired) electrons. The Morgan fingerprint density at radius 1 is 1.47 bits per heavy atom. The Morgan fingerprint density at radius 3 is 2.74 bits per heavy atom. The number of carbonyl (C=O) groups is 1. The van der Waals surface area contributed by atoms with E-state index >= 15 is 0 Å². The number of hydrogen-bond donors (Lipinski definition) is 1. The quantitative estimate of drug-likeness (QED) is 0.889. The van der Waals surface area contributed by atoms with Gasteiger partial charge in [0.2, 0.25) is 5.91 Å². The van der Waals surface area contributed by atoms with Gasteiger partial charge in [-0.3, -0.25) is 4.79 Å². The van der Waals surface area contributed by atoms with E-state index in [0.717, 1.165) is 25.7 Å². The molecule has 0 spiro atoms. The van der Waals surface area contributed by atoms with Crippen LogP contribution in [0, 0.1) is 6.92 Å². The monoisotopic (exact) mass is 286 g/mol. The molecule has 1 aromatic rings. The first-order chi connectivity index (χ1) is 8.97. The lowest BCUT2D eigenvalue weighted by atomic mass is 10.4. The summed E-state index contributed by atoms with van der Waals surface area (Å²) in [6, 6.07) is 1.59. The molecule has 1 amide bonds. The molecule has 106 valence electrons. The fourth-order valence-electron chi connectivity index (χ4n) is 2.28. The van der Waals surface area contributed by atoms with E-state index in [1.165, 1.54) is 0 Å². The third kappa shape index (κ3) is 3.79. The summed E-state index contributed by atoms with van der Waals surface area (Å²) >= 11 is 0. The number of sulfone groups is 1. The van der Waals surface area contributed by atoms with E-state index in [2.05, 4.69) is 10.5 Å². The van der Waals surface area contributed by atoms with E-state index in [1.54, 1.807) is 13.0 Å². The Bertz CT molecular complexity index is 544. The van der Waals surface area contributed by atoms with Crippen molar-refractivity contribution in [3.05, 3.63) is 11.8 Å². The van der Waals surface area contributed by atoms with Crippen LogP contribution in [0.4, 0.5) is 5.82 Å². The smallest absolute Gasteiger partial charge is 0.226 e. The number of nitrogens with zero attached hydrogens (tertiary/aromatic N) is 1. The van der Waals surface area contributed by atoms with Gasteiger partial charge in [-0.15, -0.1) is 0 Å². The standard InChI is InChI=1S/C12H18N2O4S/c1-9-8-11(14-18-9)13-12(15)6-7-19(16,17)10-4-2-3-5-10/h8,10H,2-7H2,1H3,(H,13,14,15). The van der Waals surface area contributed by atoms with Crippen LogP contribution in [-0.4, -0.2) is 30.5 Å². The summed E-state index contributed by atoms with van der Waals surface area (Å²) in [5, 5.41) is 5.88. The maximum Gasteiger partial charge on any atom is 0.226 e. The third-order valence-corrected chi connectivity index (χ3v) is 5.58. The Morgan fingerprint density at radius 2 is 2.16 bits per heavy atom. The van der Waals surface area contributed by atoms with Gasteiger partial charge in [-0.25, -0.2) is 8.42 Å².